The van der Waals surface area contributed by atoms with E-state index in [9.17, 15) is 9.59 Å². The maximum absolute atomic E-state index is 12.1. The third-order valence-electron chi connectivity index (χ3n) is 4.48. The molecule has 1 amide bonds. The topological polar surface area (TPSA) is 55.4 Å². The number of amides is 1. The zero-order chi connectivity index (χ0) is 16.7. The number of aryl methyl sites for hydroxylation is 1. The molecule has 2 rings (SSSR count). The van der Waals surface area contributed by atoms with E-state index in [0.717, 1.165) is 12.0 Å². The second-order valence-electron chi connectivity index (χ2n) is 6.53. The van der Waals surface area contributed by atoms with Crippen LogP contribution in [0.1, 0.15) is 57.4 Å². The van der Waals surface area contributed by atoms with Gasteiger partial charge in [-0.3, -0.25) is 9.59 Å². The lowest BCUT2D eigenvalue weighted by molar-refractivity contribution is -0.153. The van der Waals surface area contributed by atoms with Gasteiger partial charge in [0.1, 0.15) is 0 Å². The van der Waals surface area contributed by atoms with Gasteiger partial charge in [0.15, 0.2) is 6.10 Å². The highest BCUT2D eigenvalue weighted by Crippen LogP contribution is 2.27. The molecule has 0 bridgehead atoms. The fraction of sp³-hybridized carbons (Fsp3) is 0.579. The minimum atomic E-state index is -0.768. The van der Waals surface area contributed by atoms with E-state index in [4.69, 9.17) is 4.74 Å². The number of carbonyl (C=O) groups excluding carboxylic acids is 2. The number of carbonyl (C=O) groups is 2. The molecule has 1 fully saturated rings. The van der Waals surface area contributed by atoms with Crippen LogP contribution in [-0.4, -0.2) is 18.0 Å². The molecule has 4 heteroatoms. The summed E-state index contributed by atoms with van der Waals surface area (Å²) in [5, 5.41) is 2.76. The van der Waals surface area contributed by atoms with Gasteiger partial charge in [-0.25, -0.2) is 0 Å². The minimum absolute atomic E-state index is 0.276. The summed E-state index contributed by atoms with van der Waals surface area (Å²) in [5.74, 6) is 0.0787. The molecule has 0 spiro atoms. The SMILES string of the molecule is Cc1ccc(NC(=O)[C@@H](C)OC(=O)CCC2CCCCC2)cc1. The Balaban J connectivity index is 1.71. The van der Waals surface area contributed by atoms with Crippen LogP contribution in [-0.2, 0) is 14.3 Å². The van der Waals surface area contributed by atoms with Crippen molar-refractivity contribution in [3.05, 3.63) is 29.8 Å². The zero-order valence-electron chi connectivity index (χ0n) is 14.1. The van der Waals surface area contributed by atoms with Gasteiger partial charge < -0.3 is 10.1 Å². The molecule has 1 atom stereocenters. The fourth-order valence-corrected chi connectivity index (χ4v) is 2.99. The Morgan fingerprint density at radius 1 is 1.17 bits per heavy atom. The second-order valence-corrected chi connectivity index (χ2v) is 6.53. The molecule has 126 valence electrons. The first-order valence-electron chi connectivity index (χ1n) is 8.61. The first-order chi connectivity index (χ1) is 11.0. The third kappa shape index (κ3) is 6.05. The lowest BCUT2D eigenvalue weighted by Crippen LogP contribution is -2.30. The molecule has 0 aliphatic heterocycles. The van der Waals surface area contributed by atoms with Crippen molar-refractivity contribution in [1.82, 2.24) is 0 Å². The van der Waals surface area contributed by atoms with Crippen LogP contribution in [0.4, 0.5) is 5.69 Å². The predicted molar refractivity (Wildman–Crippen MR) is 91.2 cm³/mol. The summed E-state index contributed by atoms with van der Waals surface area (Å²) in [7, 11) is 0. The molecule has 4 nitrogen and oxygen atoms in total. The second kappa shape index (κ2) is 8.70. The molecule has 1 aromatic carbocycles. The maximum Gasteiger partial charge on any atom is 0.306 e. The Labute approximate surface area is 138 Å². The van der Waals surface area contributed by atoms with Gasteiger partial charge in [0.2, 0.25) is 0 Å². The van der Waals surface area contributed by atoms with E-state index in [0.29, 0.717) is 18.0 Å². The number of benzene rings is 1. The summed E-state index contributed by atoms with van der Waals surface area (Å²) in [6.45, 7) is 3.60. The molecule has 1 aliphatic carbocycles. The number of nitrogens with one attached hydrogen (secondary N) is 1. The van der Waals surface area contributed by atoms with Gasteiger partial charge in [0.25, 0.3) is 5.91 Å². The standard InChI is InChI=1S/C19H27NO3/c1-14-8-11-17(12-9-14)20-19(22)15(2)23-18(21)13-10-16-6-4-3-5-7-16/h8-9,11-12,15-16H,3-7,10,13H2,1-2H3,(H,20,22)/t15-/m1/s1. The summed E-state index contributed by atoms with van der Waals surface area (Å²) < 4.78 is 5.25. The molecule has 1 saturated carbocycles. The molecule has 1 aromatic rings. The van der Waals surface area contributed by atoms with Crippen molar-refractivity contribution in [1.29, 1.82) is 0 Å². The molecule has 1 N–H and O–H groups in total. The lowest BCUT2D eigenvalue weighted by atomic mass is 9.86. The van der Waals surface area contributed by atoms with Gasteiger partial charge in [-0.2, -0.15) is 0 Å². The molecule has 0 heterocycles. The molecule has 0 saturated heterocycles. The van der Waals surface area contributed by atoms with Crippen LogP contribution in [0.25, 0.3) is 0 Å². The number of hydrogen-bond acceptors (Lipinski definition) is 3. The summed E-state index contributed by atoms with van der Waals surface area (Å²) >= 11 is 0. The molecule has 0 aromatic heterocycles. The van der Waals surface area contributed by atoms with Gasteiger partial charge in [-0.1, -0.05) is 49.8 Å². The number of anilines is 1. The van der Waals surface area contributed by atoms with Crippen LogP contribution < -0.4 is 5.32 Å². The minimum Gasteiger partial charge on any atom is -0.453 e. The average molecular weight is 317 g/mol. The molecular formula is C19H27NO3. The number of rotatable bonds is 6. The Kier molecular flexibility index (Phi) is 6.63. The number of hydrogen-bond donors (Lipinski definition) is 1. The van der Waals surface area contributed by atoms with E-state index in [2.05, 4.69) is 5.32 Å². The monoisotopic (exact) mass is 317 g/mol. The zero-order valence-corrected chi connectivity index (χ0v) is 14.1. The van der Waals surface area contributed by atoms with Crippen LogP contribution in [0.15, 0.2) is 24.3 Å². The number of ether oxygens (including phenoxy) is 1. The van der Waals surface area contributed by atoms with Gasteiger partial charge in [0.05, 0.1) is 0 Å². The van der Waals surface area contributed by atoms with Gasteiger partial charge in [-0.15, -0.1) is 0 Å². The first-order valence-corrected chi connectivity index (χ1v) is 8.61. The van der Waals surface area contributed by atoms with Crippen LogP contribution in [0, 0.1) is 12.8 Å². The smallest absolute Gasteiger partial charge is 0.306 e. The van der Waals surface area contributed by atoms with Crippen LogP contribution in [0.5, 0.6) is 0 Å². The molecule has 0 radical (unpaired) electrons. The van der Waals surface area contributed by atoms with E-state index < -0.39 is 6.10 Å². The lowest BCUT2D eigenvalue weighted by Gasteiger charge is -2.21. The normalized spacial score (nSPS) is 16.6. The van der Waals surface area contributed by atoms with E-state index in [1.165, 1.54) is 32.1 Å². The van der Waals surface area contributed by atoms with Gasteiger partial charge in [0, 0.05) is 12.1 Å². The van der Waals surface area contributed by atoms with E-state index in [-0.39, 0.29) is 11.9 Å². The highest BCUT2D eigenvalue weighted by molar-refractivity contribution is 5.95. The molecule has 1 aliphatic rings. The first kappa shape index (κ1) is 17.5. The van der Waals surface area contributed by atoms with E-state index >= 15 is 0 Å². The summed E-state index contributed by atoms with van der Waals surface area (Å²) in [4.78, 5) is 23.9. The maximum atomic E-state index is 12.1. The highest BCUT2D eigenvalue weighted by Gasteiger charge is 2.20. The van der Waals surface area contributed by atoms with Crippen molar-refractivity contribution in [2.24, 2.45) is 5.92 Å². The molecule has 23 heavy (non-hydrogen) atoms. The third-order valence-corrected chi connectivity index (χ3v) is 4.48. The van der Waals surface area contributed by atoms with Crippen molar-refractivity contribution in [2.75, 3.05) is 5.32 Å². The summed E-state index contributed by atoms with van der Waals surface area (Å²) in [6.07, 6.45) is 6.82. The van der Waals surface area contributed by atoms with E-state index in [1.54, 1.807) is 6.92 Å². The van der Waals surface area contributed by atoms with Crippen molar-refractivity contribution in [3.63, 3.8) is 0 Å². The van der Waals surface area contributed by atoms with Crippen LogP contribution in [0.3, 0.4) is 0 Å². The predicted octanol–water partition coefficient (Wildman–Crippen LogP) is 4.23. The highest BCUT2D eigenvalue weighted by atomic mass is 16.5. The molecule has 0 unspecified atom stereocenters. The fourth-order valence-electron chi connectivity index (χ4n) is 2.99. The summed E-state index contributed by atoms with van der Waals surface area (Å²) in [6, 6.07) is 7.53. The number of esters is 1. The van der Waals surface area contributed by atoms with Gasteiger partial charge in [-0.05, 0) is 38.3 Å². The molecular weight excluding hydrogens is 290 g/mol. The Morgan fingerprint density at radius 3 is 2.48 bits per heavy atom. The largest absolute Gasteiger partial charge is 0.453 e. The average Bonchev–Trinajstić information content (AvgIpc) is 2.56. The Morgan fingerprint density at radius 2 is 1.83 bits per heavy atom. The van der Waals surface area contributed by atoms with Crippen molar-refractivity contribution >= 4 is 17.6 Å². The van der Waals surface area contributed by atoms with Gasteiger partial charge >= 0.3 is 5.97 Å². The Hall–Kier alpha value is -1.84. The van der Waals surface area contributed by atoms with Crippen LogP contribution in [0.2, 0.25) is 0 Å². The summed E-state index contributed by atoms with van der Waals surface area (Å²) in [5.41, 5.74) is 1.84. The van der Waals surface area contributed by atoms with E-state index in [1.807, 2.05) is 31.2 Å². The van der Waals surface area contributed by atoms with Crippen molar-refractivity contribution in [3.8, 4) is 0 Å². The van der Waals surface area contributed by atoms with Crippen molar-refractivity contribution in [2.45, 2.75) is 64.9 Å². The van der Waals surface area contributed by atoms with Crippen LogP contribution >= 0.6 is 0 Å². The van der Waals surface area contributed by atoms with Crippen molar-refractivity contribution < 1.29 is 14.3 Å². The Bertz CT molecular complexity index is 518. The quantitative estimate of drug-likeness (QED) is 0.799.